The van der Waals surface area contributed by atoms with Crippen LogP contribution in [0.1, 0.15) is 19.3 Å². The van der Waals surface area contributed by atoms with Crippen LogP contribution in [-0.2, 0) is 14.3 Å². The first kappa shape index (κ1) is 12.8. The second-order valence-corrected chi connectivity index (χ2v) is 3.55. The van der Waals surface area contributed by atoms with E-state index < -0.39 is 18.1 Å². The molecule has 16 heavy (non-hydrogen) atoms. The number of ether oxygens (including phenoxy) is 1. The maximum atomic E-state index is 12.2. The number of carbonyl (C=O) groups excluding carboxylic acids is 2. The van der Waals surface area contributed by atoms with Crippen molar-refractivity contribution in [2.24, 2.45) is 0 Å². The summed E-state index contributed by atoms with van der Waals surface area (Å²) in [5.74, 6) is -2.50. The van der Waals surface area contributed by atoms with E-state index in [0.717, 1.165) is 7.11 Å². The summed E-state index contributed by atoms with van der Waals surface area (Å²) in [4.78, 5) is 22.5. The molecule has 7 heteroatoms. The first-order chi connectivity index (χ1) is 7.36. The predicted octanol–water partition coefficient (Wildman–Crippen LogP) is 1.10. The Bertz CT molecular complexity index is 286. The lowest BCUT2D eigenvalue weighted by Crippen LogP contribution is -2.43. The molecule has 1 saturated carbocycles. The molecule has 0 aromatic heterocycles. The summed E-state index contributed by atoms with van der Waals surface area (Å²) in [5, 5.41) is 0. The van der Waals surface area contributed by atoms with Gasteiger partial charge in [-0.1, -0.05) is 0 Å². The molecule has 0 saturated heterocycles. The molecule has 0 heterocycles. The topological polar surface area (TPSA) is 46.6 Å². The third-order valence-corrected chi connectivity index (χ3v) is 2.28. The van der Waals surface area contributed by atoms with E-state index in [4.69, 9.17) is 0 Å². The normalized spacial score (nSPS) is 15.8. The maximum Gasteiger partial charge on any atom is 0.471 e. The fourth-order valence-electron chi connectivity index (χ4n) is 1.31. The van der Waals surface area contributed by atoms with Crippen molar-refractivity contribution in [2.45, 2.75) is 31.5 Å². The summed E-state index contributed by atoms with van der Waals surface area (Å²) >= 11 is 0. The number of methoxy groups -OCH3 is 1. The maximum absolute atomic E-state index is 12.2. The highest BCUT2D eigenvalue weighted by molar-refractivity contribution is 5.83. The molecule has 0 aromatic rings. The number of halogens is 3. The Morgan fingerprint density at radius 1 is 1.38 bits per heavy atom. The SMILES string of the molecule is COC(=O)CCN(C(=O)C(F)(F)F)C1CC1. The molecule has 4 nitrogen and oxygen atoms in total. The molecule has 1 aliphatic rings. The van der Waals surface area contributed by atoms with Gasteiger partial charge in [-0.05, 0) is 12.8 Å². The van der Waals surface area contributed by atoms with Gasteiger partial charge in [0.05, 0.1) is 13.5 Å². The van der Waals surface area contributed by atoms with Crippen LogP contribution in [0, 0.1) is 0 Å². The highest BCUT2D eigenvalue weighted by Gasteiger charge is 2.46. The van der Waals surface area contributed by atoms with Crippen LogP contribution in [0.3, 0.4) is 0 Å². The molecular formula is C9H12F3NO3. The molecule has 0 aliphatic heterocycles. The van der Waals surface area contributed by atoms with E-state index in [1.165, 1.54) is 0 Å². The van der Waals surface area contributed by atoms with Gasteiger partial charge in [0.2, 0.25) is 0 Å². The van der Waals surface area contributed by atoms with Gasteiger partial charge < -0.3 is 9.64 Å². The molecule has 1 amide bonds. The van der Waals surface area contributed by atoms with E-state index in [1.54, 1.807) is 0 Å². The fraction of sp³-hybridized carbons (Fsp3) is 0.778. The number of carbonyl (C=O) groups is 2. The lowest BCUT2D eigenvalue weighted by Gasteiger charge is -2.22. The molecule has 0 atom stereocenters. The van der Waals surface area contributed by atoms with Crippen LogP contribution in [0.15, 0.2) is 0 Å². The van der Waals surface area contributed by atoms with Gasteiger partial charge in [-0.15, -0.1) is 0 Å². The van der Waals surface area contributed by atoms with Crippen molar-refractivity contribution >= 4 is 11.9 Å². The minimum absolute atomic E-state index is 0.213. The van der Waals surface area contributed by atoms with E-state index in [2.05, 4.69) is 4.74 Å². The van der Waals surface area contributed by atoms with Gasteiger partial charge in [0.1, 0.15) is 0 Å². The molecule has 1 aliphatic carbocycles. The van der Waals surface area contributed by atoms with Crippen molar-refractivity contribution in [1.29, 1.82) is 0 Å². The van der Waals surface area contributed by atoms with Crippen molar-refractivity contribution in [3.8, 4) is 0 Å². The van der Waals surface area contributed by atoms with Gasteiger partial charge in [0.25, 0.3) is 0 Å². The Kier molecular flexibility index (Phi) is 3.77. The largest absolute Gasteiger partial charge is 0.471 e. The van der Waals surface area contributed by atoms with E-state index in [9.17, 15) is 22.8 Å². The van der Waals surface area contributed by atoms with Gasteiger partial charge in [0, 0.05) is 12.6 Å². The lowest BCUT2D eigenvalue weighted by molar-refractivity contribution is -0.186. The molecule has 92 valence electrons. The number of amides is 1. The third kappa shape index (κ3) is 3.39. The van der Waals surface area contributed by atoms with Gasteiger partial charge >= 0.3 is 18.1 Å². The van der Waals surface area contributed by atoms with Crippen molar-refractivity contribution in [2.75, 3.05) is 13.7 Å². The number of nitrogens with zero attached hydrogens (tertiary/aromatic N) is 1. The molecule has 1 rings (SSSR count). The third-order valence-electron chi connectivity index (χ3n) is 2.28. The Morgan fingerprint density at radius 2 is 1.94 bits per heavy atom. The molecule has 0 unspecified atom stereocenters. The summed E-state index contributed by atoms with van der Waals surface area (Å²) in [6.45, 7) is -0.240. The summed E-state index contributed by atoms with van der Waals surface area (Å²) < 4.78 is 40.9. The molecule has 0 aromatic carbocycles. The van der Waals surface area contributed by atoms with E-state index in [1.807, 2.05) is 0 Å². The average molecular weight is 239 g/mol. The highest BCUT2D eigenvalue weighted by Crippen LogP contribution is 2.31. The van der Waals surface area contributed by atoms with Crippen molar-refractivity contribution in [3.05, 3.63) is 0 Å². The minimum atomic E-state index is -4.88. The highest BCUT2D eigenvalue weighted by atomic mass is 19.4. The fourth-order valence-corrected chi connectivity index (χ4v) is 1.31. The Balaban J connectivity index is 2.55. The molecule has 0 N–H and O–H groups in total. The van der Waals surface area contributed by atoms with Crippen molar-refractivity contribution in [3.63, 3.8) is 0 Å². The molecule has 0 spiro atoms. The van der Waals surface area contributed by atoms with Gasteiger partial charge in [0.15, 0.2) is 0 Å². The average Bonchev–Trinajstić information content (AvgIpc) is 3.00. The number of hydrogen-bond acceptors (Lipinski definition) is 3. The summed E-state index contributed by atoms with van der Waals surface area (Å²) in [7, 11) is 1.15. The Morgan fingerprint density at radius 3 is 2.31 bits per heavy atom. The number of alkyl halides is 3. The summed E-state index contributed by atoms with van der Waals surface area (Å²) in [6.07, 6.45) is -3.97. The van der Waals surface area contributed by atoms with Crippen molar-refractivity contribution in [1.82, 2.24) is 4.90 Å². The first-order valence-electron chi connectivity index (χ1n) is 4.81. The monoisotopic (exact) mass is 239 g/mol. The Hall–Kier alpha value is -1.27. The van der Waals surface area contributed by atoms with E-state index in [0.29, 0.717) is 17.7 Å². The smallest absolute Gasteiger partial charge is 0.469 e. The van der Waals surface area contributed by atoms with Crippen LogP contribution < -0.4 is 0 Å². The second-order valence-electron chi connectivity index (χ2n) is 3.55. The van der Waals surface area contributed by atoms with Crippen LogP contribution in [0.2, 0.25) is 0 Å². The first-order valence-corrected chi connectivity index (χ1v) is 4.81. The van der Waals surface area contributed by atoms with Crippen LogP contribution in [0.4, 0.5) is 13.2 Å². The predicted molar refractivity (Wildman–Crippen MR) is 47.4 cm³/mol. The lowest BCUT2D eigenvalue weighted by atomic mass is 10.3. The standard InChI is InChI=1S/C9H12F3NO3/c1-16-7(14)4-5-13(6-2-3-6)8(15)9(10,11)12/h6H,2-5H2,1H3. The zero-order valence-electron chi connectivity index (χ0n) is 8.71. The Labute approximate surface area is 90.3 Å². The zero-order valence-corrected chi connectivity index (χ0v) is 8.71. The van der Waals surface area contributed by atoms with Crippen LogP contribution in [0.5, 0.6) is 0 Å². The zero-order chi connectivity index (χ0) is 12.3. The van der Waals surface area contributed by atoms with Crippen LogP contribution in [0.25, 0.3) is 0 Å². The van der Waals surface area contributed by atoms with Gasteiger partial charge in [-0.3, -0.25) is 9.59 Å². The molecule has 0 radical (unpaired) electrons. The van der Waals surface area contributed by atoms with Crippen molar-refractivity contribution < 1.29 is 27.5 Å². The number of hydrogen-bond donors (Lipinski definition) is 0. The minimum Gasteiger partial charge on any atom is -0.469 e. The summed E-state index contributed by atoms with van der Waals surface area (Å²) in [6, 6.07) is -0.376. The molecule has 1 fully saturated rings. The molecule has 0 bridgehead atoms. The summed E-state index contributed by atoms with van der Waals surface area (Å²) in [5.41, 5.74) is 0. The quantitative estimate of drug-likeness (QED) is 0.690. The van der Waals surface area contributed by atoms with E-state index in [-0.39, 0.29) is 19.0 Å². The molecular weight excluding hydrogens is 227 g/mol. The second kappa shape index (κ2) is 4.71. The van der Waals surface area contributed by atoms with Gasteiger partial charge in [-0.25, -0.2) is 0 Å². The van der Waals surface area contributed by atoms with E-state index >= 15 is 0 Å². The number of esters is 1. The van der Waals surface area contributed by atoms with Crippen LogP contribution in [-0.4, -0.2) is 42.6 Å². The number of rotatable bonds is 4. The van der Waals surface area contributed by atoms with Gasteiger partial charge in [-0.2, -0.15) is 13.2 Å². The van der Waals surface area contributed by atoms with Crippen LogP contribution >= 0.6 is 0 Å².